The molecule has 0 aliphatic heterocycles. The monoisotopic (exact) mass is 310 g/mol. The molecule has 6 heteroatoms. The van der Waals surface area contributed by atoms with E-state index >= 15 is 0 Å². The van der Waals surface area contributed by atoms with Crippen molar-refractivity contribution in [2.75, 3.05) is 20.1 Å². The molecular weight excluding hydrogens is 288 g/mol. The van der Waals surface area contributed by atoms with Gasteiger partial charge in [0.05, 0.1) is 10.6 Å². The van der Waals surface area contributed by atoms with Crippen molar-refractivity contribution in [1.29, 1.82) is 0 Å². The zero-order chi connectivity index (χ0) is 15.7. The number of benzene rings is 1. The zero-order valence-electron chi connectivity index (χ0n) is 12.7. The number of hydrogen-bond donors (Lipinski definition) is 3. The first-order valence-electron chi connectivity index (χ1n) is 7.08. The third-order valence-corrected chi connectivity index (χ3v) is 3.37. The highest BCUT2D eigenvalue weighted by Crippen LogP contribution is 2.14. The van der Waals surface area contributed by atoms with Gasteiger partial charge in [-0.2, -0.15) is 0 Å². The summed E-state index contributed by atoms with van der Waals surface area (Å²) in [6.45, 7) is 5.28. The maximum atomic E-state index is 11.9. The molecule has 5 nitrogen and oxygen atoms in total. The Morgan fingerprint density at radius 1 is 1.29 bits per heavy atom. The summed E-state index contributed by atoms with van der Waals surface area (Å²) in [5.41, 5.74) is 0.487. The van der Waals surface area contributed by atoms with Crippen LogP contribution in [0.15, 0.2) is 29.3 Å². The minimum atomic E-state index is -0.174. The quantitative estimate of drug-likeness (QED) is 0.428. The van der Waals surface area contributed by atoms with Gasteiger partial charge in [0.2, 0.25) is 0 Å². The second kappa shape index (κ2) is 9.23. The highest BCUT2D eigenvalue weighted by atomic mass is 35.5. The van der Waals surface area contributed by atoms with Gasteiger partial charge in [0.25, 0.3) is 5.91 Å². The van der Waals surface area contributed by atoms with E-state index < -0.39 is 0 Å². The molecule has 1 amide bonds. The number of rotatable bonds is 6. The lowest BCUT2D eigenvalue weighted by Gasteiger charge is -2.16. The van der Waals surface area contributed by atoms with E-state index in [4.69, 9.17) is 11.6 Å². The molecule has 0 aromatic heterocycles. The predicted octanol–water partition coefficient (Wildman–Crippen LogP) is 2.03. The van der Waals surface area contributed by atoms with E-state index in [0.29, 0.717) is 29.7 Å². The number of hydrogen-bond acceptors (Lipinski definition) is 2. The van der Waals surface area contributed by atoms with Crippen molar-refractivity contribution in [3.8, 4) is 0 Å². The molecule has 0 fully saturated rings. The van der Waals surface area contributed by atoms with Crippen LogP contribution in [0, 0.1) is 0 Å². The summed E-state index contributed by atoms with van der Waals surface area (Å²) in [6.07, 6.45) is 1.02. The predicted molar refractivity (Wildman–Crippen MR) is 88.0 cm³/mol. The Morgan fingerprint density at radius 3 is 2.57 bits per heavy atom. The molecule has 21 heavy (non-hydrogen) atoms. The fraction of sp³-hybridized carbons (Fsp3) is 0.467. The molecule has 0 aliphatic carbocycles. The summed E-state index contributed by atoms with van der Waals surface area (Å²) in [5.74, 6) is 0.559. The van der Waals surface area contributed by atoms with Gasteiger partial charge in [-0.15, -0.1) is 0 Å². The normalized spacial score (nSPS) is 12.7. The summed E-state index contributed by atoms with van der Waals surface area (Å²) in [4.78, 5) is 16.1. The van der Waals surface area contributed by atoms with Crippen LogP contribution in [0.25, 0.3) is 0 Å². The maximum absolute atomic E-state index is 11.9. The minimum Gasteiger partial charge on any atom is -0.355 e. The summed E-state index contributed by atoms with van der Waals surface area (Å²) in [6, 6.07) is 7.34. The van der Waals surface area contributed by atoms with Crippen molar-refractivity contribution in [2.24, 2.45) is 4.99 Å². The molecule has 3 N–H and O–H groups in total. The van der Waals surface area contributed by atoms with Crippen LogP contribution in [0.5, 0.6) is 0 Å². The number of nitrogens with zero attached hydrogens (tertiary/aromatic N) is 1. The Labute approximate surface area is 131 Å². The molecular formula is C15H23ClN4O. The van der Waals surface area contributed by atoms with Crippen molar-refractivity contribution >= 4 is 23.5 Å². The Bertz CT molecular complexity index is 490. The van der Waals surface area contributed by atoms with Gasteiger partial charge in [0, 0.05) is 26.2 Å². The van der Waals surface area contributed by atoms with E-state index in [9.17, 15) is 4.79 Å². The van der Waals surface area contributed by atoms with E-state index in [1.54, 1.807) is 31.3 Å². The van der Waals surface area contributed by atoms with Crippen LogP contribution >= 0.6 is 11.6 Å². The van der Waals surface area contributed by atoms with Crippen LogP contribution in [-0.2, 0) is 0 Å². The number of amides is 1. The molecule has 0 saturated heterocycles. The van der Waals surface area contributed by atoms with Crippen molar-refractivity contribution < 1.29 is 4.79 Å². The van der Waals surface area contributed by atoms with Gasteiger partial charge >= 0.3 is 0 Å². The van der Waals surface area contributed by atoms with Crippen molar-refractivity contribution in [3.05, 3.63) is 34.9 Å². The van der Waals surface area contributed by atoms with Crippen LogP contribution in [-0.4, -0.2) is 38.0 Å². The number of halogens is 1. The first-order chi connectivity index (χ1) is 10.1. The molecule has 0 radical (unpaired) electrons. The molecule has 1 aromatic carbocycles. The third kappa shape index (κ3) is 6.04. The molecule has 116 valence electrons. The van der Waals surface area contributed by atoms with Gasteiger partial charge in [0.1, 0.15) is 0 Å². The van der Waals surface area contributed by atoms with Crippen molar-refractivity contribution in [2.45, 2.75) is 26.3 Å². The maximum Gasteiger partial charge on any atom is 0.252 e. The molecule has 1 unspecified atom stereocenters. The van der Waals surface area contributed by atoms with Gasteiger partial charge in [-0.05, 0) is 25.5 Å². The Balaban J connectivity index is 2.34. The lowest BCUT2D eigenvalue weighted by atomic mass is 10.2. The van der Waals surface area contributed by atoms with Crippen molar-refractivity contribution in [1.82, 2.24) is 16.0 Å². The molecule has 0 bridgehead atoms. The topological polar surface area (TPSA) is 65.5 Å². The van der Waals surface area contributed by atoms with Crippen LogP contribution in [0.3, 0.4) is 0 Å². The SMILES string of the molecule is CCC(C)NC(=NC)NCCNC(=O)c1ccccc1Cl. The summed E-state index contributed by atoms with van der Waals surface area (Å²) in [5, 5.41) is 9.67. The van der Waals surface area contributed by atoms with Gasteiger partial charge in [-0.1, -0.05) is 30.7 Å². The number of carbonyl (C=O) groups is 1. The van der Waals surface area contributed by atoms with E-state index in [1.165, 1.54) is 0 Å². The highest BCUT2D eigenvalue weighted by molar-refractivity contribution is 6.33. The number of nitrogens with one attached hydrogen (secondary N) is 3. The van der Waals surface area contributed by atoms with E-state index in [1.807, 2.05) is 0 Å². The molecule has 1 atom stereocenters. The molecule has 1 aromatic rings. The van der Waals surface area contributed by atoms with E-state index in [-0.39, 0.29) is 5.91 Å². The van der Waals surface area contributed by atoms with Gasteiger partial charge < -0.3 is 16.0 Å². The molecule has 0 saturated carbocycles. The summed E-state index contributed by atoms with van der Waals surface area (Å²) in [7, 11) is 1.72. The lowest BCUT2D eigenvalue weighted by Crippen LogP contribution is -2.44. The Morgan fingerprint density at radius 2 is 1.95 bits per heavy atom. The lowest BCUT2D eigenvalue weighted by molar-refractivity contribution is 0.0954. The smallest absolute Gasteiger partial charge is 0.252 e. The fourth-order valence-corrected chi connectivity index (χ4v) is 1.85. The number of guanidine groups is 1. The molecule has 0 aliphatic rings. The largest absolute Gasteiger partial charge is 0.355 e. The average molecular weight is 311 g/mol. The average Bonchev–Trinajstić information content (AvgIpc) is 2.50. The van der Waals surface area contributed by atoms with Gasteiger partial charge in [0.15, 0.2) is 5.96 Å². The second-order valence-corrected chi connectivity index (χ2v) is 5.10. The van der Waals surface area contributed by atoms with Crippen molar-refractivity contribution in [3.63, 3.8) is 0 Å². The Kier molecular flexibility index (Phi) is 7.61. The first-order valence-corrected chi connectivity index (χ1v) is 7.46. The fourth-order valence-electron chi connectivity index (χ4n) is 1.63. The van der Waals surface area contributed by atoms with Crippen LogP contribution in [0.4, 0.5) is 0 Å². The van der Waals surface area contributed by atoms with Crippen LogP contribution in [0.2, 0.25) is 5.02 Å². The molecule has 0 heterocycles. The Hall–Kier alpha value is -1.75. The second-order valence-electron chi connectivity index (χ2n) is 4.69. The first kappa shape index (κ1) is 17.3. The number of carbonyl (C=O) groups excluding carboxylic acids is 1. The van der Waals surface area contributed by atoms with Gasteiger partial charge in [-0.25, -0.2) is 0 Å². The standard InChI is InChI=1S/C15H23ClN4O/c1-4-11(2)20-15(17-3)19-10-9-18-14(21)12-7-5-6-8-13(12)16/h5-8,11H,4,9-10H2,1-3H3,(H,18,21)(H2,17,19,20). The number of aliphatic imine (C=N–C) groups is 1. The molecule has 0 spiro atoms. The molecule has 1 rings (SSSR count). The van der Waals surface area contributed by atoms with E-state index in [0.717, 1.165) is 12.4 Å². The van der Waals surface area contributed by atoms with E-state index in [2.05, 4.69) is 34.8 Å². The summed E-state index contributed by atoms with van der Waals surface area (Å²) >= 11 is 5.97. The summed E-state index contributed by atoms with van der Waals surface area (Å²) < 4.78 is 0. The zero-order valence-corrected chi connectivity index (χ0v) is 13.5. The van der Waals surface area contributed by atoms with Crippen LogP contribution in [0.1, 0.15) is 30.6 Å². The third-order valence-electron chi connectivity index (χ3n) is 3.04. The highest BCUT2D eigenvalue weighted by Gasteiger charge is 2.08. The van der Waals surface area contributed by atoms with Crippen LogP contribution < -0.4 is 16.0 Å². The minimum absolute atomic E-state index is 0.174. The van der Waals surface area contributed by atoms with Gasteiger partial charge in [-0.3, -0.25) is 9.79 Å².